The zero-order chi connectivity index (χ0) is 13.9. The lowest BCUT2D eigenvalue weighted by molar-refractivity contribution is -0.117. The van der Waals surface area contributed by atoms with E-state index in [-0.39, 0.29) is 11.8 Å². The number of amides is 1. The van der Waals surface area contributed by atoms with Crippen molar-refractivity contribution >= 4 is 27.5 Å². The number of rotatable bonds is 5. The first-order valence-electron chi connectivity index (χ1n) is 6.42. The average molecular weight is 336 g/mol. The lowest BCUT2D eigenvalue weighted by atomic mass is 10.3. The summed E-state index contributed by atoms with van der Waals surface area (Å²) in [6.07, 6.45) is 5.38. The largest absolute Gasteiger partial charge is 0.471 e. The molecule has 6 heteroatoms. The smallest absolute Gasteiger partial charge is 0.227 e. The van der Waals surface area contributed by atoms with E-state index in [0.29, 0.717) is 12.4 Å². The molecule has 5 nitrogen and oxygen atoms in total. The quantitative estimate of drug-likeness (QED) is 0.913. The van der Waals surface area contributed by atoms with Gasteiger partial charge in [0, 0.05) is 10.4 Å². The molecule has 1 heterocycles. The summed E-state index contributed by atoms with van der Waals surface area (Å²) < 4.78 is 8.24. The highest BCUT2D eigenvalue weighted by atomic mass is 79.9. The fourth-order valence-electron chi connectivity index (χ4n) is 1.76. The summed E-state index contributed by atoms with van der Waals surface area (Å²) in [5.74, 6) is 1.04. The van der Waals surface area contributed by atoms with Crippen LogP contribution >= 0.6 is 15.9 Å². The number of nitrogens with zero attached hydrogens (tertiary/aromatic N) is 2. The number of nitrogens with one attached hydrogen (secondary N) is 1. The highest BCUT2D eigenvalue weighted by molar-refractivity contribution is 9.10. The van der Waals surface area contributed by atoms with Crippen molar-refractivity contribution in [3.63, 3.8) is 0 Å². The number of anilines is 1. The number of carbonyl (C=O) groups excluding carboxylic acids is 1. The fourth-order valence-corrected chi connectivity index (χ4v) is 2.02. The summed E-state index contributed by atoms with van der Waals surface area (Å²) in [6, 6.07) is 7.59. The number of hydrogen-bond donors (Lipinski definition) is 1. The van der Waals surface area contributed by atoms with Crippen LogP contribution in [0.25, 0.3) is 0 Å². The fraction of sp³-hybridized carbons (Fsp3) is 0.286. The molecule has 1 aliphatic carbocycles. The van der Waals surface area contributed by atoms with Crippen LogP contribution in [0, 0.1) is 5.92 Å². The number of halogens is 1. The monoisotopic (exact) mass is 335 g/mol. The van der Waals surface area contributed by atoms with Crippen LogP contribution in [0.5, 0.6) is 5.75 Å². The molecular weight excluding hydrogens is 322 g/mol. The van der Waals surface area contributed by atoms with E-state index in [1.54, 1.807) is 17.1 Å². The van der Waals surface area contributed by atoms with Gasteiger partial charge in [0.25, 0.3) is 0 Å². The Labute approximate surface area is 125 Å². The molecule has 0 aliphatic heterocycles. The normalized spacial score (nSPS) is 14.1. The predicted octanol–water partition coefficient (Wildman–Crippen LogP) is 3.03. The molecule has 0 radical (unpaired) electrons. The van der Waals surface area contributed by atoms with E-state index in [0.717, 1.165) is 23.1 Å². The maximum absolute atomic E-state index is 11.6. The molecule has 1 aromatic heterocycles. The molecule has 0 spiro atoms. The van der Waals surface area contributed by atoms with Crippen molar-refractivity contribution in [3.8, 4) is 5.75 Å². The third-order valence-corrected chi connectivity index (χ3v) is 3.55. The van der Waals surface area contributed by atoms with Crippen LogP contribution in [-0.2, 0) is 11.5 Å². The highest BCUT2D eigenvalue weighted by Crippen LogP contribution is 2.30. The van der Waals surface area contributed by atoms with Gasteiger partial charge in [0.2, 0.25) is 5.91 Å². The van der Waals surface area contributed by atoms with Gasteiger partial charge in [-0.2, -0.15) is 5.10 Å². The Morgan fingerprint density at radius 2 is 2.15 bits per heavy atom. The Balaban J connectivity index is 1.54. The maximum atomic E-state index is 11.6. The molecule has 1 aliphatic rings. The first-order chi connectivity index (χ1) is 9.70. The molecule has 1 N–H and O–H groups in total. The molecule has 2 aromatic rings. The van der Waals surface area contributed by atoms with E-state index < -0.39 is 0 Å². The van der Waals surface area contributed by atoms with Crippen LogP contribution in [0.4, 0.5) is 5.69 Å². The van der Waals surface area contributed by atoms with E-state index in [2.05, 4.69) is 26.3 Å². The molecule has 1 aromatic carbocycles. The highest BCUT2D eigenvalue weighted by Gasteiger charge is 2.29. The molecular formula is C14H14BrN3O2. The van der Waals surface area contributed by atoms with Crippen LogP contribution in [0.1, 0.15) is 12.8 Å². The Kier molecular flexibility index (Phi) is 3.73. The first kappa shape index (κ1) is 13.2. The second-order valence-electron chi connectivity index (χ2n) is 4.76. The van der Waals surface area contributed by atoms with Crippen molar-refractivity contribution in [1.82, 2.24) is 9.78 Å². The summed E-state index contributed by atoms with van der Waals surface area (Å²) in [5, 5.41) is 7.00. The Bertz CT molecular complexity index is 605. The van der Waals surface area contributed by atoms with Gasteiger partial charge in [-0.25, -0.2) is 4.68 Å². The molecule has 0 bridgehead atoms. The van der Waals surface area contributed by atoms with E-state index >= 15 is 0 Å². The molecule has 0 saturated heterocycles. The number of aromatic nitrogens is 2. The molecule has 1 saturated carbocycles. The number of ether oxygens (including phenoxy) is 1. The van der Waals surface area contributed by atoms with E-state index in [1.807, 2.05) is 24.3 Å². The van der Waals surface area contributed by atoms with Crippen LogP contribution in [0.3, 0.4) is 0 Å². The van der Waals surface area contributed by atoms with Gasteiger partial charge >= 0.3 is 0 Å². The lowest BCUT2D eigenvalue weighted by Crippen LogP contribution is -2.12. The molecule has 0 atom stereocenters. The predicted molar refractivity (Wildman–Crippen MR) is 78.4 cm³/mol. The number of carbonyl (C=O) groups is 1. The van der Waals surface area contributed by atoms with Crippen molar-refractivity contribution in [3.05, 3.63) is 41.1 Å². The minimum absolute atomic E-state index is 0.0818. The summed E-state index contributed by atoms with van der Waals surface area (Å²) in [6.45, 7) is 0.306. The third-order valence-electron chi connectivity index (χ3n) is 3.03. The molecule has 0 unspecified atom stereocenters. The number of benzene rings is 1. The van der Waals surface area contributed by atoms with Crippen molar-refractivity contribution in [2.24, 2.45) is 5.92 Å². The second-order valence-corrected chi connectivity index (χ2v) is 5.68. The SMILES string of the molecule is O=C(Nc1cnn(COc2ccc(Br)cc2)c1)C1CC1. The van der Waals surface area contributed by atoms with Crippen molar-refractivity contribution in [2.75, 3.05) is 5.32 Å². The number of hydrogen-bond acceptors (Lipinski definition) is 3. The van der Waals surface area contributed by atoms with E-state index in [1.165, 1.54) is 0 Å². The van der Waals surface area contributed by atoms with Crippen molar-refractivity contribution < 1.29 is 9.53 Å². The van der Waals surface area contributed by atoms with Gasteiger partial charge in [0.15, 0.2) is 6.73 Å². The zero-order valence-corrected chi connectivity index (χ0v) is 12.3. The third kappa shape index (κ3) is 3.39. The maximum Gasteiger partial charge on any atom is 0.227 e. The lowest BCUT2D eigenvalue weighted by Gasteiger charge is -2.05. The van der Waals surface area contributed by atoms with Gasteiger partial charge in [-0.3, -0.25) is 4.79 Å². The van der Waals surface area contributed by atoms with Gasteiger partial charge < -0.3 is 10.1 Å². The van der Waals surface area contributed by atoms with Crippen LogP contribution in [-0.4, -0.2) is 15.7 Å². The van der Waals surface area contributed by atoms with Gasteiger partial charge in [-0.15, -0.1) is 0 Å². The zero-order valence-electron chi connectivity index (χ0n) is 10.8. The molecule has 1 amide bonds. The standard InChI is InChI=1S/C14H14BrN3O2/c15-11-3-5-13(6-4-11)20-9-18-8-12(7-16-18)17-14(19)10-1-2-10/h3-8,10H,1-2,9H2,(H,17,19). The molecule has 104 valence electrons. The van der Waals surface area contributed by atoms with Gasteiger partial charge in [-0.1, -0.05) is 15.9 Å². The summed E-state index contributed by atoms with van der Waals surface area (Å²) in [5.41, 5.74) is 0.710. The Morgan fingerprint density at radius 3 is 2.85 bits per heavy atom. The van der Waals surface area contributed by atoms with Crippen LogP contribution in [0.15, 0.2) is 41.1 Å². The molecule has 20 heavy (non-hydrogen) atoms. The van der Waals surface area contributed by atoms with Crippen molar-refractivity contribution in [1.29, 1.82) is 0 Å². The minimum Gasteiger partial charge on any atom is -0.471 e. The Morgan fingerprint density at radius 1 is 1.40 bits per heavy atom. The van der Waals surface area contributed by atoms with E-state index in [4.69, 9.17) is 4.74 Å². The van der Waals surface area contributed by atoms with Crippen LogP contribution < -0.4 is 10.1 Å². The van der Waals surface area contributed by atoms with Gasteiger partial charge in [-0.05, 0) is 37.1 Å². The second kappa shape index (κ2) is 5.66. The first-order valence-corrected chi connectivity index (χ1v) is 7.22. The van der Waals surface area contributed by atoms with E-state index in [9.17, 15) is 4.79 Å². The Hall–Kier alpha value is -1.82. The van der Waals surface area contributed by atoms with Crippen LogP contribution in [0.2, 0.25) is 0 Å². The minimum atomic E-state index is 0.0818. The van der Waals surface area contributed by atoms with Crippen molar-refractivity contribution in [2.45, 2.75) is 19.6 Å². The van der Waals surface area contributed by atoms with Gasteiger partial charge in [0.05, 0.1) is 18.1 Å². The average Bonchev–Trinajstić information content (AvgIpc) is 3.20. The molecule has 1 fully saturated rings. The summed E-state index contributed by atoms with van der Waals surface area (Å²) in [7, 11) is 0. The molecule has 3 rings (SSSR count). The summed E-state index contributed by atoms with van der Waals surface area (Å²) in [4.78, 5) is 11.6. The summed E-state index contributed by atoms with van der Waals surface area (Å²) >= 11 is 3.37. The van der Waals surface area contributed by atoms with Gasteiger partial charge in [0.1, 0.15) is 5.75 Å². The topological polar surface area (TPSA) is 56.2 Å².